The average Bonchev–Trinajstić information content (AvgIpc) is 3.20. The number of benzene rings is 2. The molecule has 4 rings (SSSR count). The van der Waals surface area contributed by atoms with Crippen LogP contribution in [-0.4, -0.2) is 46.9 Å². The summed E-state index contributed by atoms with van der Waals surface area (Å²) in [5.74, 6) is -0.857. The second-order valence-corrected chi connectivity index (χ2v) is 8.09. The molecule has 0 saturated carbocycles. The summed E-state index contributed by atoms with van der Waals surface area (Å²) in [6, 6.07) is 10.8. The lowest BCUT2D eigenvalue weighted by Gasteiger charge is -2.34. The molecule has 1 aliphatic rings. The number of thiazole rings is 1. The molecule has 0 spiro atoms. The van der Waals surface area contributed by atoms with Gasteiger partial charge in [-0.3, -0.25) is 9.69 Å². The lowest BCUT2D eigenvalue weighted by Crippen LogP contribution is -2.48. The zero-order valence-electron chi connectivity index (χ0n) is 15.4. The van der Waals surface area contributed by atoms with Crippen molar-refractivity contribution >= 4 is 28.8 Å². The van der Waals surface area contributed by atoms with Crippen molar-refractivity contribution in [2.75, 3.05) is 26.2 Å². The molecule has 1 saturated heterocycles. The largest absolute Gasteiger partial charge is 0.335 e. The third kappa shape index (κ3) is 4.47. The highest BCUT2D eigenvalue weighted by atomic mass is 35.5. The van der Waals surface area contributed by atoms with Gasteiger partial charge in [-0.15, -0.1) is 11.3 Å². The summed E-state index contributed by atoms with van der Waals surface area (Å²) in [5.41, 5.74) is 1.60. The summed E-state index contributed by atoms with van der Waals surface area (Å²) in [6.45, 7) is 3.09. The number of nitrogens with zero attached hydrogens (tertiary/aromatic N) is 3. The quantitative estimate of drug-likeness (QED) is 0.598. The number of amides is 1. The van der Waals surface area contributed by atoms with E-state index in [1.165, 1.54) is 29.5 Å². The van der Waals surface area contributed by atoms with E-state index in [0.29, 0.717) is 54.0 Å². The molecule has 0 N–H and O–H groups in total. The van der Waals surface area contributed by atoms with E-state index in [1.807, 2.05) is 0 Å². The molecular weight excluding hydrogens is 416 g/mol. The van der Waals surface area contributed by atoms with Gasteiger partial charge in [0.1, 0.15) is 22.3 Å². The van der Waals surface area contributed by atoms with Crippen LogP contribution in [0, 0.1) is 11.6 Å². The molecule has 4 nitrogen and oxygen atoms in total. The van der Waals surface area contributed by atoms with Gasteiger partial charge in [0.25, 0.3) is 5.91 Å². The number of hydrogen-bond donors (Lipinski definition) is 0. The average molecular weight is 434 g/mol. The molecule has 1 fully saturated rings. The highest BCUT2D eigenvalue weighted by Crippen LogP contribution is 2.27. The topological polar surface area (TPSA) is 36.4 Å². The second kappa shape index (κ2) is 8.57. The fourth-order valence-corrected chi connectivity index (χ4v) is 4.34. The molecule has 8 heteroatoms. The van der Waals surface area contributed by atoms with Crippen LogP contribution in [0.3, 0.4) is 0 Å². The monoisotopic (exact) mass is 433 g/mol. The van der Waals surface area contributed by atoms with Crippen LogP contribution in [0.25, 0.3) is 10.6 Å². The van der Waals surface area contributed by atoms with Gasteiger partial charge in [-0.25, -0.2) is 13.8 Å². The smallest absolute Gasteiger partial charge is 0.273 e. The lowest BCUT2D eigenvalue weighted by molar-refractivity contribution is 0.0623. The number of aromatic nitrogens is 1. The maximum atomic E-state index is 13.9. The third-order valence-electron chi connectivity index (χ3n) is 4.90. The Morgan fingerprint density at radius 2 is 1.86 bits per heavy atom. The number of carbonyl (C=O) groups excluding carboxylic acids is 1. The Morgan fingerprint density at radius 1 is 1.10 bits per heavy atom. The van der Waals surface area contributed by atoms with Gasteiger partial charge in [0, 0.05) is 48.7 Å². The van der Waals surface area contributed by atoms with Gasteiger partial charge < -0.3 is 4.90 Å². The molecule has 150 valence electrons. The first kappa shape index (κ1) is 19.9. The molecule has 0 atom stereocenters. The van der Waals surface area contributed by atoms with Gasteiger partial charge in [0.2, 0.25) is 0 Å². The van der Waals surface area contributed by atoms with Gasteiger partial charge in [-0.05, 0) is 29.8 Å². The number of piperazine rings is 1. The van der Waals surface area contributed by atoms with Gasteiger partial charge >= 0.3 is 0 Å². The van der Waals surface area contributed by atoms with E-state index in [-0.39, 0.29) is 17.5 Å². The Bertz CT molecular complexity index is 1030. The molecule has 1 aliphatic heterocycles. The summed E-state index contributed by atoms with van der Waals surface area (Å²) in [6.07, 6.45) is 0. The number of halogens is 3. The van der Waals surface area contributed by atoms with Crippen molar-refractivity contribution in [1.29, 1.82) is 0 Å². The Hall–Kier alpha value is -2.35. The van der Waals surface area contributed by atoms with Crippen LogP contribution in [0.5, 0.6) is 0 Å². The first-order valence-electron chi connectivity index (χ1n) is 9.17. The predicted octanol–water partition coefficient (Wildman–Crippen LogP) is 4.70. The molecule has 2 heterocycles. The van der Waals surface area contributed by atoms with Crippen LogP contribution in [0.4, 0.5) is 8.78 Å². The normalized spacial score (nSPS) is 14.9. The first-order valence-corrected chi connectivity index (χ1v) is 10.4. The number of hydrogen-bond acceptors (Lipinski definition) is 4. The van der Waals surface area contributed by atoms with Crippen molar-refractivity contribution < 1.29 is 13.6 Å². The molecular formula is C21H18ClF2N3OS. The minimum atomic E-state index is -0.354. The maximum absolute atomic E-state index is 13.9. The maximum Gasteiger partial charge on any atom is 0.273 e. The van der Waals surface area contributed by atoms with Crippen molar-refractivity contribution in [3.8, 4) is 10.6 Å². The van der Waals surface area contributed by atoms with E-state index in [4.69, 9.17) is 11.6 Å². The van der Waals surface area contributed by atoms with Crippen molar-refractivity contribution in [1.82, 2.24) is 14.8 Å². The molecule has 2 aromatic carbocycles. The minimum Gasteiger partial charge on any atom is -0.335 e. The highest BCUT2D eigenvalue weighted by Gasteiger charge is 2.24. The van der Waals surface area contributed by atoms with E-state index in [9.17, 15) is 13.6 Å². The summed E-state index contributed by atoms with van der Waals surface area (Å²) < 4.78 is 27.1. The van der Waals surface area contributed by atoms with Crippen molar-refractivity contribution in [2.24, 2.45) is 0 Å². The molecule has 29 heavy (non-hydrogen) atoms. The summed E-state index contributed by atoms with van der Waals surface area (Å²) in [4.78, 5) is 21.1. The Balaban J connectivity index is 1.37. The molecule has 0 bridgehead atoms. The van der Waals surface area contributed by atoms with Gasteiger partial charge in [-0.2, -0.15) is 0 Å². The standard InChI is InChI=1S/C21H18ClF2N3OS/c22-17-11-15(23)6-5-14(17)12-26-7-9-27(10-8-26)21(28)19-13-29-20(25-19)16-3-1-2-4-18(16)24/h1-6,11,13H,7-10,12H2. The van der Waals surface area contributed by atoms with Crippen molar-refractivity contribution in [3.63, 3.8) is 0 Å². The molecule has 1 amide bonds. The van der Waals surface area contributed by atoms with Crippen LogP contribution in [-0.2, 0) is 6.54 Å². The van der Waals surface area contributed by atoms with E-state index in [2.05, 4.69) is 9.88 Å². The van der Waals surface area contributed by atoms with E-state index >= 15 is 0 Å². The van der Waals surface area contributed by atoms with Crippen LogP contribution in [0.1, 0.15) is 16.1 Å². The summed E-state index contributed by atoms with van der Waals surface area (Å²) in [5, 5.41) is 2.58. The van der Waals surface area contributed by atoms with Crippen molar-refractivity contribution in [3.05, 3.63) is 75.8 Å². The fraction of sp³-hybridized carbons (Fsp3) is 0.238. The predicted molar refractivity (Wildman–Crippen MR) is 110 cm³/mol. The van der Waals surface area contributed by atoms with Crippen LogP contribution in [0.2, 0.25) is 5.02 Å². The Kier molecular flexibility index (Phi) is 5.89. The molecule has 0 unspecified atom stereocenters. The molecule has 0 aliphatic carbocycles. The third-order valence-corrected chi connectivity index (χ3v) is 6.12. The molecule has 1 aromatic heterocycles. The van der Waals surface area contributed by atoms with Crippen LogP contribution >= 0.6 is 22.9 Å². The highest BCUT2D eigenvalue weighted by molar-refractivity contribution is 7.13. The van der Waals surface area contributed by atoms with E-state index in [1.54, 1.807) is 34.5 Å². The summed E-state index contributed by atoms with van der Waals surface area (Å²) >= 11 is 7.37. The Morgan fingerprint density at radius 3 is 2.59 bits per heavy atom. The zero-order chi connectivity index (χ0) is 20.4. The van der Waals surface area contributed by atoms with Crippen LogP contribution in [0.15, 0.2) is 47.8 Å². The fourth-order valence-electron chi connectivity index (χ4n) is 3.29. The SMILES string of the molecule is O=C(c1csc(-c2ccccc2F)n1)N1CCN(Cc2ccc(F)cc2Cl)CC1. The number of rotatable bonds is 4. The molecule has 0 radical (unpaired) electrons. The summed E-state index contributed by atoms with van der Waals surface area (Å²) in [7, 11) is 0. The Labute approximate surface area is 176 Å². The molecule has 3 aromatic rings. The zero-order valence-corrected chi connectivity index (χ0v) is 17.0. The van der Waals surface area contributed by atoms with Gasteiger partial charge in [0.15, 0.2) is 0 Å². The van der Waals surface area contributed by atoms with Gasteiger partial charge in [0.05, 0.1) is 0 Å². The first-order chi connectivity index (χ1) is 14.0. The van der Waals surface area contributed by atoms with E-state index in [0.717, 1.165) is 5.56 Å². The van der Waals surface area contributed by atoms with Crippen LogP contribution < -0.4 is 0 Å². The van der Waals surface area contributed by atoms with Gasteiger partial charge in [-0.1, -0.05) is 29.8 Å². The number of carbonyl (C=O) groups is 1. The van der Waals surface area contributed by atoms with Crippen molar-refractivity contribution in [2.45, 2.75) is 6.54 Å². The second-order valence-electron chi connectivity index (χ2n) is 6.82. The minimum absolute atomic E-state index is 0.150. The van der Waals surface area contributed by atoms with E-state index < -0.39 is 0 Å². The lowest BCUT2D eigenvalue weighted by atomic mass is 10.2.